The lowest BCUT2D eigenvalue weighted by molar-refractivity contribution is 0.411. The summed E-state index contributed by atoms with van der Waals surface area (Å²) in [5, 5.41) is 2.28. The van der Waals surface area contributed by atoms with Crippen LogP contribution in [0.2, 0.25) is 0 Å². The third-order valence-electron chi connectivity index (χ3n) is 6.55. The second-order valence-corrected chi connectivity index (χ2v) is 10.8. The molecule has 2 heterocycles. The predicted octanol–water partition coefficient (Wildman–Crippen LogP) is 8.56. The van der Waals surface area contributed by atoms with Gasteiger partial charge in [0.25, 0.3) is 0 Å². The first kappa shape index (κ1) is 21.5. The number of rotatable bonds is 4. The molecule has 0 N–H and O–H groups in total. The molecule has 0 atom stereocenters. The van der Waals surface area contributed by atoms with Crippen LogP contribution in [0.5, 0.6) is 0 Å². The van der Waals surface area contributed by atoms with E-state index in [2.05, 4.69) is 113 Å². The van der Waals surface area contributed by atoms with Gasteiger partial charge in [0.1, 0.15) is 11.2 Å². The number of hydrogen-bond acceptors (Lipinski definition) is 2. The van der Waals surface area contributed by atoms with Crippen LogP contribution in [0.1, 0.15) is 51.3 Å². The summed E-state index contributed by atoms with van der Waals surface area (Å²) in [5.41, 5.74) is 7.79. The fourth-order valence-corrected chi connectivity index (χ4v) is 4.75. The van der Waals surface area contributed by atoms with E-state index in [0.29, 0.717) is 0 Å². The second kappa shape index (κ2) is 7.88. The molecule has 0 fully saturated rings. The highest BCUT2D eigenvalue weighted by molar-refractivity contribution is 6.09. The molecule has 5 aromatic rings. The molecule has 3 aromatic carbocycles. The highest BCUT2D eigenvalue weighted by Crippen LogP contribution is 2.39. The fourth-order valence-electron chi connectivity index (χ4n) is 4.75. The first-order chi connectivity index (χ1) is 15.7. The Labute approximate surface area is 196 Å². The van der Waals surface area contributed by atoms with Crippen molar-refractivity contribution in [2.75, 3.05) is 0 Å². The molecule has 2 heteroatoms. The van der Waals surface area contributed by atoms with Gasteiger partial charge in [-0.05, 0) is 52.8 Å². The zero-order chi connectivity index (χ0) is 23.2. The maximum absolute atomic E-state index is 6.51. The molecule has 0 aliphatic carbocycles. The van der Waals surface area contributed by atoms with Crippen molar-refractivity contribution in [1.29, 1.82) is 0 Å². The van der Waals surface area contributed by atoms with Crippen LogP contribution < -0.4 is 0 Å². The number of hydrogen-bond donors (Lipinski definition) is 0. The smallest absolute Gasteiger partial charge is 0.144 e. The highest BCUT2D eigenvalue weighted by Gasteiger charge is 2.24. The standard InChI is InChI=1S/C31H31NO/c1-30(2,3)20-21-16-17-32-27(18-21)26-13-9-12-25-24-15-14-23(19-28(24)33-29(25)26)31(4,5)22-10-7-6-8-11-22/h6-19H,20H2,1-5H3. The molecule has 0 aliphatic rings. The highest BCUT2D eigenvalue weighted by atomic mass is 16.3. The molecule has 0 aliphatic heterocycles. The molecule has 0 radical (unpaired) electrons. The molecule has 2 aromatic heterocycles. The summed E-state index contributed by atoms with van der Waals surface area (Å²) in [4.78, 5) is 4.70. The minimum absolute atomic E-state index is 0.111. The molecule has 0 unspecified atom stereocenters. The summed E-state index contributed by atoms with van der Waals surface area (Å²) in [5.74, 6) is 0. The lowest BCUT2D eigenvalue weighted by atomic mass is 9.78. The summed E-state index contributed by atoms with van der Waals surface area (Å²) >= 11 is 0. The van der Waals surface area contributed by atoms with Crippen molar-refractivity contribution in [3.05, 3.63) is 102 Å². The average Bonchev–Trinajstić information content (AvgIpc) is 3.17. The Morgan fingerprint density at radius 2 is 1.52 bits per heavy atom. The van der Waals surface area contributed by atoms with Gasteiger partial charge in [-0.3, -0.25) is 4.98 Å². The molecule has 0 saturated carbocycles. The van der Waals surface area contributed by atoms with E-state index in [4.69, 9.17) is 9.40 Å². The number of furan rings is 1. The summed E-state index contributed by atoms with van der Waals surface area (Å²) in [6.45, 7) is 11.3. The third-order valence-corrected chi connectivity index (χ3v) is 6.55. The molecule has 2 nitrogen and oxygen atoms in total. The molecule has 0 spiro atoms. The van der Waals surface area contributed by atoms with E-state index in [1.807, 2.05) is 6.20 Å². The zero-order valence-electron chi connectivity index (χ0n) is 20.1. The van der Waals surface area contributed by atoms with Gasteiger partial charge in [-0.15, -0.1) is 0 Å². The maximum Gasteiger partial charge on any atom is 0.144 e. The van der Waals surface area contributed by atoms with Crippen LogP contribution in [0.3, 0.4) is 0 Å². The lowest BCUT2D eigenvalue weighted by Gasteiger charge is -2.26. The van der Waals surface area contributed by atoms with E-state index >= 15 is 0 Å². The van der Waals surface area contributed by atoms with Gasteiger partial charge in [0.15, 0.2) is 0 Å². The molecular formula is C31H31NO. The van der Waals surface area contributed by atoms with Crippen molar-refractivity contribution in [3.8, 4) is 11.3 Å². The molecule has 0 bridgehead atoms. The van der Waals surface area contributed by atoms with Crippen molar-refractivity contribution in [2.24, 2.45) is 5.41 Å². The van der Waals surface area contributed by atoms with Gasteiger partial charge in [-0.1, -0.05) is 89.2 Å². The van der Waals surface area contributed by atoms with E-state index in [0.717, 1.165) is 39.6 Å². The van der Waals surface area contributed by atoms with Crippen LogP contribution in [-0.4, -0.2) is 4.98 Å². The van der Waals surface area contributed by atoms with Gasteiger partial charge >= 0.3 is 0 Å². The molecule has 166 valence electrons. The Morgan fingerprint density at radius 3 is 2.27 bits per heavy atom. The van der Waals surface area contributed by atoms with Gasteiger partial charge in [0, 0.05) is 27.9 Å². The Kier molecular flexibility index (Phi) is 5.12. The van der Waals surface area contributed by atoms with Crippen molar-refractivity contribution in [1.82, 2.24) is 4.98 Å². The molecule has 5 rings (SSSR count). The number of fused-ring (bicyclic) bond motifs is 3. The molecule has 0 amide bonds. The van der Waals surface area contributed by atoms with Crippen LogP contribution >= 0.6 is 0 Å². The van der Waals surface area contributed by atoms with Gasteiger partial charge < -0.3 is 4.42 Å². The number of aromatic nitrogens is 1. The SMILES string of the molecule is CC(C)(C)Cc1ccnc(-c2cccc3c2oc2cc(C(C)(C)c4ccccc4)ccc23)c1. The fraction of sp³-hybridized carbons (Fsp3) is 0.258. The van der Waals surface area contributed by atoms with Crippen molar-refractivity contribution in [3.63, 3.8) is 0 Å². The Morgan fingerprint density at radius 1 is 0.727 bits per heavy atom. The Balaban J connectivity index is 1.62. The van der Waals surface area contributed by atoms with Gasteiger partial charge in [0.2, 0.25) is 0 Å². The summed E-state index contributed by atoms with van der Waals surface area (Å²) in [6, 6.07) is 28.0. The van der Waals surface area contributed by atoms with Crippen LogP contribution in [0.15, 0.2) is 89.5 Å². The number of benzene rings is 3. The number of para-hydroxylation sites is 1. The van der Waals surface area contributed by atoms with E-state index in [1.165, 1.54) is 16.7 Å². The Bertz CT molecular complexity index is 1430. The van der Waals surface area contributed by atoms with E-state index in [-0.39, 0.29) is 10.8 Å². The van der Waals surface area contributed by atoms with E-state index < -0.39 is 0 Å². The second-order valence-electron chi connectivity index (χ2n) is 10.8. The maximum atomic E-state index is 6.51. The van der Waals surface area contributed by atoms with Gasteiger partial charge in [-0.2, -0.15) is 0 Å². The topological polar surface area (TPSA) is 26.0 Å². The van der Waals surface area contributed by atoms with Crippen LogP contribution in [0.25, 0.3) is 33.2 Å². The first-order valence-corrected chi connectivity index (χ1v) is 11.7. The predicted molar refractivity (Wildman–Crippen MR) is 139 cm³/mol. The first-order valence-electron chi connectivity index (χ1n) is 11.7. The monoisotopic (exact) mass is 433 g/mol. The molecular weight excluding hydrogens is 402 g/mol. The van der Waals surface area contributed by atoms with Gasteiger partial charge in [0.05, 0.1) is 5.69 Å². The van der Waals surface area contributed by atoms with Crippen molar-refractivity contribution in [2.45, 2.75) is 46.5 Å². The zero-order valence-corrected chi connectivity index (χ0v) is 20.1. The lowest BCUT2D eigenvalue weighted by Crippen LogP contribution is -2.18. The number of pyridine rings is 1. The average molecular weight is 434 g/mol. The Hall–Kier alpha value is -3.39. The summed E-state index contributed by atoms with van der Waals surface area (Å²) < 4.78 is 6.51. The van der Waals surface area contributed by atoms with E-state index in [1.54, 1.807) is 0 Å². The van der Waals surface area contributed by atoms with Crippen molar-refractivity contribution < 1.29 is 4.42 Å². The summed E-state index contributed by atoms with van der Waals surface area (Å²) in [6.07, 6.45) is 2.93. The molecule has 33 heavy (non-hydrogen) atoms. The summed E-state index contributed by atoms with van der Waals surface area (Å²) in [7, 11) is 0. The van der Waals surface area contributed by atoms with Crippen molar-refractivity contribution >= 4 is 21.9 Å². The van der Waals surface area contributed by atoms with Crippen LogP contribution in [0, 0.1) is 5.41 Å². The van der Waals surface area contributed by atoms with Crippen LogP contribution in [-0.2, 0) is 11.8 Å². The number of nitrogens with zero attached hydrogens (tertiary/aromatic N) is 1. The van der Waals surface area contributed by atoms with E-state index in [9.17, 15) is 0 Å². The normalized spacial score (nSPS) is 12.5. The quantitative estimate of drug-likeness (QED) is 0.284. The van der Waals surface area contributed by atoms with Crippen LogP contribution in [0.4, 0.5) is 0 Å². The van der Waals surface area contributed by atoms with Gasteiger partial charge in [-0.25, -0.2) is 0 Å². The molecule has 0 saturated heterocycles. The minimum atomic E-state index is -0.111. The minimum Gasteiger partial charge on any atom is -0.455 e. The third kappa shape index (κ3) is 4.06. The largest absolute Gasteiger partial charge is 0.455 e.